The van der Waals surface area contributed by atoms with Crippen LogP contribution in [0.1, 0.15) is 45.2 Å². The number of benzene rings is 1. The number of nitrogens with zero attached hydrogens (tertiary/aromatic N) is 1. The van der Waals surface area contributed by atoms with Crippen molar-refractivity contribution in [3.05, 3.63) is 41.1 Å². The number of nitrogens with one attached hydrogen (secondary N) is 2. The molecule has 0 saturated carbocycles. The van der Waals surface area contributed by atoms with Crippen LogP contribution in [0.15, 0.2) is 35.5 Å². The van der Waals surface area contributed by atoms with Gasteiger partial charge in [0, 0.05) is 24.4 Å². The minimum absolute atomic E-state index is 0.206. The summed E-state index contributed by atoms with van der Waals surface area (Å²) in [5.41, 5.74) is 1.48. The maximum Gasteiger partial charge on any atom is 0.338 e. The molecular formula is C24H33N3O6. The number of hydrogen-bond acceptors (Lipinski definition) is 7. The van der Waals surface area contributed by atoms with Crippen molar-refractivity contribution in [2.24, 2.45) is 5.92 Å². The maximum absolute atomic E-state index is 13.1. The fourth-order valence-corrected chi connectivity index (χ4v) is 4.31. The van der Waals surface area contributed by atoms with Crippen LogP contribution in [0.3, 0.4) is 0 Å². The van der Waals surface area contributed by atoms with Crippen LogP contribution in [0.2, 0.25) is 0 Å². The molecule has 1 aromatic rings. The van der Waals surface area contributed by atoms with Crippen LogP contribution in [0.4, 0.5) is 4.79 Å². The number of likely N-dealkylation sites (tertiary alicyclic amines) is 1. The quantitative estimate of drug-likeness (QED) is 0.547. The smallest absolute Gasteiger partial charge is 0.338 e. The second-order valence-corrected chi connectivity index (χ2v) is 7.94. The molecule has 9 nitrogen and oxygen atoms in total. The van der Waals surface area contributed by atoms with Crippen LogP contribution in [-0.2, 0) is 19.1 Å². The van der Waals surface area contributed by atoms with Crippen molar-refractivity contribution in [1.29, 1.82) is 0 Å². The fraction of sp³-hybridized carbons (Fsp3) is 0.542. The summed E-state index contributed by atoms with van der Waals surface area (Å²) in [6, 6.07) is 6.19. The first kappa shape index (κ1) is 24.6. The molecule has 2 aliphatic rings. The van der Waals surface area contributed by atoms with Crippen LogP contribution in [-0.4, -0.2) is 62.3 Å². The van der Waals surface area contributed by atoms with Gasteiger partial charge in [0.15, 0.2) is 0 Å². The van der Waals surface area contributed by atoms with E-state index in [1.54, 1.807) is 13.8 Å². The summed E-state index contributed by atoms with van der Waals surface area (Å²) in [5, 5.41) is 5.65. The number of carbonyl (C=O) groups is 3. The van der Waals surface area contributed by atoms with Crippen molar-refractivity contribution in [1.82, 2.24) is 15.5 Å². The fourth-order valence-electron chi connectivity index (χ4n) is 4.31. The summed E-state index contributed by atoms with van der Waals surface area (Å²) >= 11 is 0. The number of urea groups is 1. The third kappa shape index (κ3) is 6.04. The van der Waals surface area contributed by atoms with E-state index in [0.717, 1.165) is 19.4 Å². The second-order valence-electron chi connectivity index (χ2n) is 7.94. The molecule has 0 aliphatic carbocycles. The Bertz CT molecular complexity index is 900. The summed E-state index contributed by atoms with van der Waals surface area (Å²) in [4.78, 5) is 40.0. The summed E-state index contributed by atoms with van der Waals surface area (Å²) in [6.45, 7) is 7.97. The van der Waals surface area contributed by atoms with Gasteiger partial charge in [-0.2, -0.15) is 0 Å². The summed E-state index contributed by atoms with van der Waals surface area (Å²) < 4.78 is 16.3. The van der Waals surface area contributed by atoms with Gasteiger partial charge in [-0.05, 0) is 46.2 Å². The molecule has 2 amide bonds. The first-order chi connectivity index (χ1) is 16.0. The number of hydrogen-bond donors (Lipinski definition) is 2. The molecule has 0 bridgehead atoms. The van der Waals surface area contributed by atoms with Gasteiger partial charge in [0.05, 0.1) is 37.4 Å². The van der Waals surface area contributed by atoms with Crippen LogP contribution in [0.25, 0.3) is 0 Å². The zero-order valence-corrected chi connectivity index (χ0v) is 19.5. The second kappa shape index (κ2) is 11.7. The van der Waals surface area contributed by atoms with Crippen molar-refractivity contribution in [3.63, 3.8) is 0 Å². The predicted molar refractivity (Wildman–Crippen MR) is 121 cm³/mol. The molecule has 2 aliphatic heterocycles. The van der Waals surface area contributed by atoms with Crippen LogP contribution >= 0.6 is 0 Å². The average Bonchev–Trinajstić information content (AvgIpc) is 2.80. The number of esters is 2. The maximum atomic E-state index is 13.1. The van der Waals surface area contributed by atoms with E-state index in [0.29, 0.717) is 48.9 Å². The summed E-state index contributed by atoms with van der Waals surface area (Å²) in [6.07, 6.45) is 1.59. The van der Waals surface area contributed by atoms with E-state index in [1.807, 2.05) is 31.2 Å². The third-order valence-electron chi connectivity index (χ3n) is 5.69. The SMILES string of the molecule is CCOC(=O)C1=C(CN2CCC[C@H](C(=O)OCC)C2)NC(=O)N[C@@H]1c1ccccc1OCC. The van der Waals surface area contributed by atoms with Gasteiger partial charge in [0.1, 0.15) is 5.75 Å². The molecule has 0 unspecified atom stereocenters. The summed E-state index contributed by atoms with van der Waals surface area (Å²) in [7, 11) is 0. The van der Waals surface area contributed by atoms with Gasteiger partial charge in [-0.3, -0.25) is 9.69 Å². The average molecular weight is 460 g/mol. The number of rotatable bonds is 9. The van der Waals surface area contributed by atoms with Crippen LogP contribution in [0, 0.1) is 5.92 Å². The summed E-state index contributed by atoms with van der Waals surface area (Å²) in [5.74, 6) is -0.346. The van der Waals surface area contributed by atoms with Gasteiger partial charge >= 0.3 is 18.0 Å². The van der Waals surface area contributed by atoms with Crippen molar-refractivity contribution < 1.29 is 28.6 Å². The number of amides is 2. The van der Waals surface area contributed by atoms with Gasteiger partial charge < -0.3 is 24.8 Å². The minimum atomic E-state index is -0.721. The molecule has 1 fully saturated rings. The highest BCUT2D eigenvalue weighted by Crippen LogP contribution is 2.34. The van der Waals surface area contributed by atoms with E-state index in [2.05, 4.69) is 15.5 Å². The van der Waals surface area contributed by atoms with E-state index in [4.69, 9.17) is 14.2 Å². The van der Waals surface area contributed by atoms with Gasteiger partial charge in [0.2, 0.25) is 0 Å². The van der Waals surface area contributed by atoms with Crippen LogP contribution in [0.5, 0.6) is 5.75 Å². The molecule has 0 spiro atoms. The highest BCUT2D eigenvalue weighted by atomic mass is 16.5. The van der Waals surface area contributed by atoms with Crippen molar-refractivity contribution in [2.45, 2.75) is 39.7 Å². The van der Waals surface area contributed by atoms with E-state index in [-0.39, 0.29) is 18.5 Å². The molecular weight excluding hydrogens is 426 g/mol. The standard InChI is InChI=1S/C24H33N3O6/c1-4-31-19-12-8-7-11-17(19)21-20(23(29)33-6-3)18(25-24(30)26-21)15-27-13-9-10-16(14-27)22(28)32-5-2/h7-8,11-12,16,21H,4-6,9-10,13-15H2,1-3H3,(H2,25,26,30)/t16-,21+/m0/s1. The van der Waals surface area contributed by atoms with Gasteiger partial charge in [-0.25, -0.2) is 9.59 Å². The number of piperidine rings is 1. The monoisotopic (exact) mass is 459 g/mol. The molecule has 2 N–H and O–H groups in total. The lowest BCUT2D eigenvalue weighted by atomic mass is 9.93. The zero-order valence-electron chi connectivity index (χ0n) is 19.5. The molecule has 3 rings (SSSR count). The molecule has 0 radical (unpaired) electrons. The highest BCUT2D eigenvalue weighted by molar-refractivity contribution is 5.95. The van der Waals surface area contributed by atoms with Gasteiger partial charge in [-0.1, -0.05) is 18.2 Å². The largest absolute Gasteiger partial charge is 0.494 e. The molecule has 2 atom stereocenters. The molecule has 9 heteroatoms. The lowest BCUT2D eigenvalue weighted by Gasteiger charge is -2.35. The Hall–Kier alpha value is -3.07. The number of ether oxygens (including phenoxy) is 3. The van der Waals surface area contributed by atoms with Gasteiger partial charge in [-0.15, -0.1) is 0 Å². The third-order valence-corrected chi connectivity index (χ3v) is 5.69. The number of para-hydroxylation sites is 1. The molecule has 33 heavy (non-hydrogen) atoms. The first-order valence-electron chi connectivity index (χ1n) is 11.6. The Morgan fingerprint density at radius 1 is 1.09 bits per heavy atom. The Balaban J connectivity index is 1.95. The van der Waals surface area contributed by atoms with Crippen LogP contribution < -0.4 is 15.4 Å². The lowest BCUT2D eigenvalue weighted by Crippen LogP contribution is -2.50. The minimum Gasteiger partial charge on any atom is -0.494 e. The van der Waals surface area contributed by atoms with Gasteiger partial charge in [0.25, 0.3) is 0 Å². The molecule has 1 aromatic carbocycles. The Labute approximate surface area is 194 Å². The van der Waals surface area contributed by atoms with E-state index in [1.165, 1.54) is 0 Å². The van der Waals surface area contributed by atoms with E-state index in [9.17, 15) is 14.4 Å². The Morgan fingerprint density at radius 2 is 1.85 bits per heavy atom. The lowest BCUT2D eigenvalue weighted by molar-refractivity contribution is -0.150. The molecule has 2 heterocycles. The number of carbonyl (C=O) groups excluding carboxylic acids is 3. The normalized spacial score (nSPS) is 21.1. The first-order valence-corrected chi connectivity index (χ1v) is 11.6. The Morgan fingerprint density at radius 3 is 2.58 bits per heavy atom. The molecule has 180 valence electrons. The van der Waals surface area contributed by atoms with Crippen molar-refractivity contribution in [2.75, 3.05) is 39.5 Å². The van der Waals surface area contributed by atoms with Crippen molar-refractivity contribution >= 4 is 18.0 Å². The Kier molecular flexibility index (Phi) is 8.71. The van der Waals surface area contributed by atoms with E-state index < -0.39 is 18.0 Å². The topological polar surface area (TPSA) is 106 Å². The molecule has 1 saturated heterocycles. The highest BCUT2D eigenvalue weighted by Gasteiger charge is 2.36. The van der Waals surface area contributed by atoms with Crippen molar-refractivity contribution in [3.8, 4) is 5.75 Å². The predicted octanol–water partition coefficient (Wildman–Crippen LogP) is 2.53. The van der Waals surface area contributed by atoms with E-state index >= 15 is 0 Å². The molecule has 0 aromatic heterocycles. The zero-order chi connectivity index (χ0) is 23.8.